The third-order valence-electron chi connectivity index (χ3n) is 21.5. The first-order chi connectivity index (χ1) is 49.6. The second-order valence-corrected chi connectivity index (χ2v) is 26.6. The molecule has 0 N–H and O–H groups in total. The topological polar surface area (TPSA) is 4.93 Å². The fourth-order valence-electron chi connectivity index (χ4n) is 16.0. The fourth-order valence-corrected chi connectivity index (χ4v) is 16.0. The van der Waals surface area contributed by atoms with Crippen molar-refractivity contribution in [2.75, 3.05) is 0 Å². The molecule has 0 saturated carbocycles. The van der Waals surface area contributed by atoms with Crippen LogP contribution in [0.4, 0.5) is 0 Å². The first kappa shape index (κ1) is 76.4. The van der Waals surface area contributed by atoms with Gasteiger partial charge in [-0.1, -0.05) is 140 Å². The van der Waals surface area contributed by atoms with Crippen LogP contribution < -0.4 is 202 Å². The molecule has 0 saturated heterocycles. The molecule has 1 nitrogen and oxygen atoms in total. The number of benzene rings is 11. The van der Waals surface area contributed by atoms with Crippen molar-refractivity contribution in [3.63, 3.8) is 0 Å². The number of aromatic nitrogens is 1. The van der Waals surface area contributed by atoms with Gasteiger partial charge in [-0.3, -0.25) is 0 Å². The minimum absolute atomic E-state index is 0.00127. The Morgan fingerprint density at radius 3 is 1.11 bits per heavy atom. The van der Waals surface area contributed by atoms with Crippen LogP contribution in [0, 0.1) is 0 Å². The maximum Gasteiger partial charge on any atom is 0.115 e. The second kappa shape index (κ2) is 26.1. The molecular formula is C68H8B37N. The van der Waals surface area contributed by atoms with E-state index in [9.17, 15) is 0 Å². The molecule has 0 amide bonds. The number of nitrogens with zero attached hydrogens (tertiary/aromatic N) is 1. The minimum atomic E-state index is -1.83. The van der Waals surface area contributed by atoms with E-state index in [2.05, 4.69) is 0 Å². The Morgan fingerprint density at radius 2 is 0.594 bits per heavy atom. The van der Waals surface area contributed by atoms with Gasteiger partial charge in [0.2, 0.25) is 0 Å². The lowest BCUT2D eigenvalue weighted by molar-refractivity contribution is 0.807. The smallest absolute Gasteiger partial charge is 0.115 e. The summed E-state index contributed by atoms with van der Waals surface area (Å²) >= 11 is 0. The van der Waals surface area contributed by atoms with Gasteiger partial charge < -0.3 is 4.57 Å². The van der Waals surface area contributed by atoms with E-state index in [1.165, 1.54) is 10.6 Å². The van der Waals surface area contributed by atoms with E-state index < -0.39 is 11.3 Å². The van der Waals surface area contributed by atoms with Crippen LogP contribution in [0.5, 0.6) is 0 Å². The van der Waals surface area contributed by atoms with E-state index in [1.54, 1.807) is 36.4 Å². The Bertz CT molecular complexity index is 6010. The zero-order valence-electron chi connectivity index (χ0n) is 56.4. The van der Waals surface area contributed by atoms with Crippen LogP contribution in [0.1, 0.15) is 44.9 Å². The molecule has 14 rings (SSSR count). The van der Waals surface area contributed by atoms with Crippen LogP contribution in [0.25, 0.3) is 83.1 Å². The average Bonchev–Trinajstić information content (AvgIpc) is 1.48. The van der Waals surface area contributed by atoms with Gasteiger partial charge >= 0.3 is 0 Å². The standard InChI is InChI=1S/C68H8B37N/c69-15-3-10-13(6-16(15)70)68(14-7-18(72)37(77)41(81)23(14)25-32(68)49(89)56(96)50(90)43(25)83)31-21(10)11(4-17(71)36(31)76)20(12-5-19-24(42(82)35(12)75)30-48(88)55(95)60(100)63(103)66(30)106(19)67-64(104)61(101)59(99)62(102)65(67)105)8-1-2-9(34(74)33(8)73)22-38(78)26(28-44(84)51(91)57(97)52(92)45(28)85)40(80)27(39(22)79)29-46(86)53(93)58(98)54(94)47(29)87/h1-7,20H. The molecule has 11 aromatic carbocycles. The van der Waals surface area contributed by atoms with Gasteiger partial charge in [0, 0.05) is 17.1 Å². The van der Waals surface area contributed by atoms with E-state index >= 15 is 0 Å². The van der Waals surface area contributed by atoms with E-state index in [0.717, 1.165) is 0 Å². The highest BCUT2D eigenvalue weighted by atomic mass is 15.0. The molecule has 1 spiro atoms. The number of fused-ring (bicyclic) bond motifs is 13. The largest absolute Gasteiger partial charge is 0.311 e. The van der Waals surface area contributed by atoms with Crippen LogP contribution in [0.3, 0.4) is 0 Å². The van der Waals surface area contributed by atoms with Crippen molar-refractivity contribution in [3.8, 4) is 61.3 Å². The van der Waals surface area contributed by atoms with Gasteiger partial charge in [0.15, 0.2) is 0 Å². The lowest BCUT2D eigenvalue weighted by Gasteiger charge is -2.36. The van der Waals surface area contributed by atoms with Crippen molar-refractivity contribution >= 4 is 514 Å². The zero-order chi connectivity index (χ0) is 77.7. The van der Waals surface area contributed by atoms with Crippen molar-refractivity contribution in [2.45, 2.75) is 11.3 Å². The van der Waals surface area contributed by atoms with Crippen molar-refractivity contribution in [3.05, 3.63) is 81.4 Å². The van der Waals surface area contributed by atoms with Gasteiger partial charge in [0.25, 0.3) is 0 Å². The highest BCUT2D eigenvalue weighted by molar-refractivity contribution is 6.76. The fraction of sp³-hybridized carbons (Fsp3) is 0.0294. The van der Waals surface area contributed by atoms with Gasteiger partial charge in [-0.25, -0.2) is 0 Å². The van der Waals surface area contributed by atoms with E-state index in [0.29, 0.717) is 16.7 Å². The molecule has 396 valence electrons. The molecule has 74 radical (unpaired) electrons. The van der Waals surface area contributed by atoms with Gasteiger partial charge in [0.1, 0.15) is 290 Å². The quantitative estimate of drug-likeness (QED) is 0.111. The van der Waals surface area contributed by atoms with Crippen LogP contribution in [-0.2, 0) is 5.41 Å². The summed E-state index contributed by atoms with van der Waals surface area (Å²) in [6.45, 7) is 0. The highest BCUT2D eigenvalue weighted by Crippen LogP contribution is 2.62. The van der Waals surface area contributed by atoms with Crippen LogP contribution >= 0.6 is 0 Å². The van der Waals surface area contributed by atoms with Crippen molar-refractivity contribution in [2.24, 2.45) is 0 Å². The van der Waals surface area contributed by atoms with Crippen molar-refractivity contribution < 1.29 is 0 Å². The van der Waals surface area contributed by atoms with Crippen LogP contribution in [-0.4, -0.2) is 295 Å². The normalized spacial score (nSPS) is 13.7. The predicted octanol–water partition coefficient (Wildman–Crippen LogP) is -27.3. The molecule has 0 fully saturated rings. The summed E-state index contributed by atoms with van der Waals surface area (Å²) in [4.78, 5) is 0. The summed E-state index contributed by atoms with van der Waals surface area (Å²) in [6.07, 6.45) is 0. The van der Waals surface area contributed by atoms with Crippen LogP contribution in [0.2, 0.25) is 0 Å². The molecule has 38 heteroatoms. The molecule has 12 aromatic rings. The Hall–Kier alpha value is -6.38. The summed E-state index contributed by atoms with van der Waals surface area (Å²) in [5, 5.41) is 0.258. The molecule has 0 aliphatic heterocycles. The lowest BCUT2D eigenvalue weighted by atomic mass is 9.54. The summed E-state index contributed by atoms with van der Waals surface area (Å²) in [6, 6.07) is 11.2. The molecule has 1 aromatic heterocycles. The van der Waals surface area contributed by atoms with E-state index in [1.807, 2.05) is 0 Å². The number of rotatable bonds is 7. The van der Waals surface area contributed by atoms with Crippen molar-refractivity contribution in [1.82, 2.24) is 4.57 Å². The maximum absolute atomic E-state index is 7.78. The van der Waals surface area contributed by atoms with Gasteiger partial charge in [-0.2, -0.15) is 0 Å². The Balaban J connectivity index is 1.20. The van der Waals surface area contributed by atoms with E-state index in [-0.39, 0.29) is 308 Å². The molecule has 2 atom stereocenters. The summed E-state index contributed by atoms with van der Waals surface area (Å²) in [5.74, 6) is -1.47. The third kappa shape index (κ3) is 9.95. The molecule has 106 heavy (non-hydrogen) atoms. The molecule has 2 aliphatic carbocycles. The predicted molar refractivity (Wildman–Crippen MR) is 487 cm³/mol. The molecular weight excluding hydrogens is 1230 g/mol. The Labute approximate surface area is 667 Å². The molecule has 2 unspecified atom stereocenters. The second-order valence-electron chi connectivity index (χ2n) is 26.6. The minimum Gasteiger partial charge on any atom is -0.311 e. The third-order valence-corrected chi connectivity index (χ3v) is 21.5. The Morgan fingerprint density at radius 1 is 0.217 bits per heavy atom. The average molecular weight is 1240 g/mol. The first-order valence-electron chi connectivity index (χ1n) is 31.8. The summed E-state index contributed by atoms with van der Waals surface area (Å²) < 4.78 is 1.50. The van der Waals surface area contributed by atoms with Crippen LogP contribution in [0.15, 0.2) is 42.5 Å². The Kier molecular flexibility index (Phi) is 18.8. The summed E-state index contributed by atoms with van der Waals surface area (Å²) in [5.41, 5.74) is -4.70. The molecule has 0 bridgehead atoms. The zero-order valence-corrected chi connectivity index (χ0v) is 56.4. The number of hydrogen-bond acceptors (Lipinski definition) is 0. The van der Waals surface area contributed by atoms with Gasteiger partial charge in [-0.15, -0.1) is 98.3 Å². The van der Waals surface area contributed by atoms with Gasteiger partial charge in [0.05, 0.1) is 10.9 Å². The molecule has 1 heterocycles. The first-order valence-corrected chi connectivity index (χ1v) is 31.8. The highest BCUT2D eigenvalue weighted by Gasteiger charge is 2.55. The lowest BCUT2D eigenvalue weighted by Crippen LogP contribution is -2.57. The van der Waals surface area contributed by atoms with Gasteiger partial charge in [-0.05, 0) is 111 Å². The molecule has 2 aliphatic rings. The summed E-state index contributed by atoms with van der Waals surface area (Å²) in [7, 11) is 258. The number of hydrogen-bond donors (Lipinski definition) is 0. The van der Waals surface area contributed by atoms with E-state index in [4.69, 9.17) is 290 Å². The SMILES string of the molecule is [B]c1cc2c(cc1[B])C1(c3cc([B])c([B])c([B])c3-c3c([B])c([B])c([B])c([B])c31)c1c([B])c([B])cc(C(c3ccc(-c4c([B])c(-c5c([B])c([B])c([B])c([B])c5[B])c([B])c(-c5c([B])c([B])c([B])c([B])c5[B])c4[B])c([B])c3[B])c3cc4c(c([B])c3[B])c3c([B])c([B])c([B])c([B])c3n4-c3c([B])c([B])c([B])c([B])c3[B])c1-2. The maximum atomic E-state index is 7.78. The monoisotopic (exact) mass is 1250 g/mol. The van der Waals surface area contributed by atoms with Crippen molar-refractivity contribution in [1.29, 1.82) is 0 Å².